The zero-order valence-corrected chi connectivity index (χ0v) is 20.2. The van der Waals surface area contributed by atoms with Crippen LogP contribution in [0.3, 0.4) is 0 Å². The predicted octanol–water partition coefficient (Wildman–Crippen LogP) is 3.41. The molecule has 0 bridgehead atoms. The molecule has 8 nitrogen and oxygen atoms in total. The Balaban J connectivity index is 1.60. The van der Waals surface area contributed by atoms with Gasteiger partial charge in [0.1, 0.15) is 0 Å². The smallest absolute Gasteiger partial charge is 0.257 e. The molecule has 2 fully saturated rings. The number of ether oxygens (including phenoxy) is 3. The van der Waals surface area contributed by atoms with Gasteiger partial charge in [-0.3, -0.25) is 9.69 Å². The molecule has 0 aromatic heterocycles. The number of nitriles is 1. The summed E-state index contributed by atoms with van der Waals surface area (Å²) in [5, 5.41) is 10.1. The topological polar surface area (TPSA) is 93.1 Å². The third-order valence-electron chi connectivity index (χ3n) is 6.56. The SMILES string of the molecule is COc1ccc(C2(C#N)CCN(CC(=O)NOC(C)(C)OC)CC2)cc1OCC1CC(F)(F)C1. The van der Waals surface area contributed by atoms with Crippen LogP contribution in [0, 0.1) is 17.2 Å². The van der Waals surface area contributed by atoms with E-state index in [1.54, 1.807) is 26.0 Å². The first-order valence-electron chi connectivity index (χ1n) is 11.4. The van der Waals surface area contributed by atoms with Crippen LogP contribution in [0.5, 0.6) is 11.5 Å². The van der Waals surface area contributed by atoms with Crippen LogP contribution in [0.15, 0.2) is 18.2 Å². The third kappa shape index (κ3) is 6.34. The molecule has 0 unspecified atom stereocenters. The summed E-state index contributed by atoms with van der Waals surface area (Å²) in [6.07, 6.45) is 0.715. The molecule has 1 aliphatic carbocycles. The van der Waals surface area contributed by atoms with Crippen molar-refractivity contribution in [2.45, 2.75) is 56.7 Å². The molecule has 0 spiro atoms. The first-order chi connectivity index (χ1) is 16.0. The molecule has 1 aliphatic heterocycles. The highest BCUT2D eigenvalue weighted by Gasteiger charge is 2.45. The molecule has 1 aromatic rings. The minimum Gasteiger partial charge on any atom is -0.493 e. The Morgan fingerprint density at radius 3 is 2.47 bits per heavy atom. The summed E-state index contributed by atoms with van der Waals surface area (Å²) in [6.45, 7) is 4.79. The van der Waals surface area contributed by atoms with Gasteiger partial charge in [-0.15, -0.1) is 0 Å². The molecule has 1 N–H and O–H groups in total. The first-order valence-corrected chi connectivity index (χ1v) is 11.4. The maximum Gasteiger partial charge on any atom is 0.257 e. The van der Waals surface area contributed by atoms with Crippen LogP contribution >= 0.6 is 0 Å². The number of halogens is 2. The lowest BCUT2D eigenvalue weighted by Crippen LogP contribution is -2.47. The zero-order chi connectivity index (χ0) is 25.0. The fourth-order valence-electron chi connectivity index (χ4n) is 4.21. The number of likely N-dealkylation sites (tertiary alicyclic amines) is 1. The van der Waals surface area contributed by atoms with Gasteiger partial charge in [-0.2, -0.15) is 5.26 Å². The normalized spacial score (nSPS) is 20.1. The molecule has 3 rings (SSSR count). The lowest BCUT2D eigenvalue weighted by atomic mass is 9.74. The van der Waals surface area contributed by atoms with Crippen molar-refractivity contribution >= 4 is 5.91 Å². The van der Waals surface area contributed by atoms with E-state index in [-0.39, 0.29) is 37.8 Å². The molecule has 188 valence electrons. The Bertz CT molecular complexity index is 902. The number of amides is 1. The number of methoxy groups -OCH3 is 2. The maximum absolute atomic E-state index is 13.1. The summed E-state index contributed by atoms with van der Waals surface area (Å²) in [5.41, 5.74) is 2.45. The Hall–Kier alpha value is -2.48. The van der Waals surface area contributed by atoms with Crippen molar-refractivity contribution in [2.24, 2.45) is 5.92 Å². The second kappa shape index (κ2) is 10.4. The number of rotatable bonds is 10. The standard InChI is InChI=1S/C24H33F2N3O5/c1-22(2,32-4)34-28-21(30)14-29-9-7-23(16-27,8-10-29)18-5-6-19(31-3)20(11-18)33-15-17-12-24(25,26)13-17/h5-6,11,17H,7-10,12-15H2,1-4H3,(H,28,30). The van der Waals surface area contributed by atoms with E-state index in [1.165, 1.54) is 14.2 Å². The van der Waals surface area contributed by atoms with Gasteiger partial charge in [0, 0.05) is 39.0 Å². The van der Waals surface area contributed by atoms with Crippen LogP contribution in [0.1, 0.15) is 45.1 Å². The second-order valence-electron chi connectivity index (χ2n) is 9.51. The van der Waals surface area contributed by atoms with Crippen LogP contribution in [-0.4, -0.2) is 63.0 Å². The lowest BCUT2D eigenvalue weighted by molar-refractivity contribution is -0.231. The molecule has 0 atom stereocenters. The second-order valence-corrected chi connectivity index (χ2v) is 9.51. The molecule has 1 heterocycles. The first kappa shape index (κ1) is 26.1. The lowest BCUT2D eigenvalue weighted by Gasteiger charge is -2.37. The molecule has 2 aliphatic rings. The van der Waals surface area contributed by atoms with Gasteiger partial charge in [0.2, 0.25) is 5.92 Å². The number of piperidine rings is 1. The molecule has 10 heteroatoms. The highest BCUT2D eigenvalue weighted by molar-refractivity contribution is 5.77. The van der Waals surface area contributed by atoms with Crippen molar-refractivity contribution in [1.82, 2.24) is 10.4 Å². The summed E-state index contributed by atoms with van der Waals surface area (Å²) >= 11 is 0. The van der Waals surface area contributed by atoms with Gasteiger partial charge >= 0.3 is 0 Å². The number of carbonyl (C=O) groups is 1. The van der Waals surface area contributed by atoms with Crippen molar-refractivity contribution < 1.29 is 32.6 Å². The number of hydroxylamine groups is 1. The van der Waals surface area contributed by atoms with Crippen LogP contribution in [0.2, 0.25) is 0 Å². The van der Waals surface area contributed by atoms with Gasteiger partial charge < -0.3 is 14.2 Å². The van der Waals surface area contributed by atoms with Gasteiger partial charge in [-0.1, -0.05) is 6.07 Å². The number of nitrogens with one attached hydrogen (secondary N) is 1. The van der Waals surface area contributed by atoms with Crippen LogP contribution in [0.25, 0.3) is 0 Å². The Morgan fingerprint density at radius 2 is 1.91 bits per heavy atom. The van der Waals surface area contributed by atoms with E-state index in [2.05, 4.69) is 11.5 Å². The van der Waals surface area contributed by atoms with Gasteiger partial charge in [0.15, 0.2) is 17.3 Å². The minimum absolute atomic E-state index is 0.143. The van der Waals surface area contributed by atoms with Crippen LogP contribution in [-0.2, 0) is 19.8 Å². The van der Waals surface area contributed by atoms with E-state index in [4.69, 9.17) is 19.0 Å². The number of hydrogen-bond donors (Lipinski definition) is 1. The molecule has 34 heavy (non-hydrogen) atoms. The predicted molar refractivity (Wildman–Crippen MR) is 119 cm³/mol. The highest BCUT2D eigenvalue weighted by atomic mass is 19.3. The number of nitrogens with zero attached hydrogens (tertiary/aromatic N) is 2. The third-order valence-corrected chi connectivity index (χ3v) is 6.56. The maximum atomic E-state index is 13.1. The molecule has 1 aromatic carbocycles. The molecule has 0 radical (unpaired) electrons. The van der Waals surface area contributed by atoms with E-state index in [9.17, 15) is 18.8 Å². The van der Waals surface area contributed by atoms with Gasteiger partial charge in [0.25, 0.3) is 5.91 Å². The van der Waals surface area contributed by atoms with Crippen LogP contribution < -0.4 is 15.0 Å². The highest BCUT2D eigenvalue weighted by Crippen LogP contribution is 2.44. The quantitative estimate of drug-likeness (QED) is 0.404. The average Bonchev–Trinajstić information content (AvgIpc) is 2.80. The fraction of sp³-hybridized carbons (Fsp3) is 0.667. The summed E-state index contributed by atoms with van der Waals surface area (Å²) in [7, 11) is 3.00. The van der Waals surface area contributed by atoms with Gasteiger partial charge in [0.05, 0.1) is 31.7 Å². The Kier molecular flexibility index (Phi) is 8.01. The monoisotopic (exact) mass is 481 g/mol. The van der Waals surface area contributed by atoms with Crippen molar-refractivity contribution in [3.63, 3.8) is 0 Å². The van der Waals surface area contributed by atoms with Crippen molar-refractivity contribution in [3.8, 4) is 17.6 Å². The number of alkyl halides is 2. The molecule has 1 saturated heterocycles. The summed E-state index contributed by atoms with van der Waals surface area (Å²) in [4.78, 5) is 19.4. The average molecular weight is 482 g/mol. The van der Waals surface area contributed by atoms with Crippen LogP contribution in [0.4, 0.5) is 8.78 Å². The van der Waals surface area contributed by atoms with Crippen molar-refractivity contribution in [1.29, 1.82) is 5.26 Å². The molecule has 1 saturated carbocycles. The molecular formula is C24H33F2N3O5. The van der Waals surface area contributed by atoms with Gasteiger partial charge in [-0.05, 0) is 44.4 Å². The molecular weight excluding hydrogens is 448 g/mol. The number of benzene rings is 1. The molecule has 1 amide bonds. The Morgan fingerprint density at radius 1 is 1.24 bits per heavy atom. The zero-order valence-electron chi connectivity index (χ0n) is 20.2. The number of carbonyl (C=O) groups excluding carboxylic acids is 1. The van der Waals surface area contributed by atoms with E-state index in [0.29, 0.717) is 37.4 Å². The van der Waals surface area contributed by atoms with Crippen molar-refractivity contribution in [2.75, 3.05) is 40.5 Å². The minimum atomic E-state index is -2.60. The summed E-state index contributed by atoms with van der Waals surface area (Å²) in [6, 6.07) is 7.83. The van der Waals surface area contributed by atoms with Crippen molar-refractivity contribution in [3.05, 3.63) is 23.8 Å². The van der Waals surface area contributed by atoms with Gasteiger partial charge in [-0.25, -0.2) is 19.1 Å². The fourth-order valence-corrected chi connectivity index (χ4v) is 4.21. The number of hydrogen-bond acceptors (Lipinski definition) is 7. The Labute approximate surface area is 199 Å². The van der Waals surface area contributed by atoms with E-state index >= 15 is 0 Å². The van der Waals surface area contributed by atoms with E-state index < -0.39 is 17.1 Å². The van der Waals surface area contributed by atoms with E-state index in [0.717, 1.165) is 5.56 Å². The van der Waals surface area contributed by atoms with E-state index in [1.807, 2.05) is 11.0 Å². The summed E-state index contributed by atoms with van der Waals surface area (Å²) < 4.78 is 42.6. The summed E-state index contributed by atoms with van der Waals surface area (Å²) in [5.74, 6) is -3.07. The largest absolute Gasteiger partial charge is 0.493 e.